The predicted octanol–water partition coefficient (Wildman–Crippen LogP) is 4.39. The smallest absolute Gasteiger partial charge is 0.383 e. The molecule has 0 spiro atoms. The van der Waals surface area contributed by atoms with Crippen molar-refractivity contribution in [2.75, 3.05) is 26.0 Å². The van der Waals surface area contributed by atoms with E-state index < -0.39 is 11.7 Å². The number of aromatic nitrogens is 2. The molecule has 2 N–H and O–H groups in total. The van der Waals surface area contributed by atoms with Gasteiger partial charge in [-0.25, -0.2) is 4.98 Å². The first-order valence-corrected chi connectivity index (χ1v) is 11.5. The molecule has 1 aliphatic rings. The number of methoxy groups -OCH3 is 1. The summed E-state index contributed by atoms with van der Waals surface area (Å²) >= 11 is 0. The summed E-state index contributed by atoms with van der Waals surface area (Å²) in [6.45, 7) is 3.19. The van der Waals surface area contributed by atoms with Crippen LogP contribution in [0.1, 0.15) is 47.0 Å². The molecule has 2 atom stereocenters. The minimum atomic E-state index is -4.37. The SMILES string of the molecule is COC[C@H](Cc1ccccc1)n1c(N)nc2c(c1=O)CN(C(C)c1ccc(C(F)(F)F)cc1)CC2. The largest absolute Gasteiger partial charge is 0.416 e. The number of alkyl halides is 3. The number of hydrogen-bond donors (Lipinski definition) is 1. The van der Waals surface area contributed by atoms with Gasteiger partial charge in [0.2, 0.25) is 5.95 Å². The van der Waals surface area contributed by atoms with E-state index in [0.717, 1.165) is 23.3 Å². The Morgan fingerprint density at radius 2 is 1.80 bits per heavy atom. The van der Waals surface area contributed by atoms with Gasteiger partial charge in [0.15, 0.2) is 0 Å². The summed E-state index contributed by atoms with van der Waals surface area (Å²) in [5.74, 6) is 0.163. The van der Waals surface area contributed by atoms with Gasteiger partial charge in [0, 0.05) is 32.7 Å². The third-order valence-corrected chi connectivity index (χ3v) is 6.63. The fraction of sp³-hybridized carbons (Fsp3) is 0.385. The Balaban J connectivity index is 1.61. The van der Waals surface area contributed by atoms with Gasteiger partial charge in [-0.15, -0.1) is 0 Å². The van der Waals surface area contributed by atoms with Crippen molar-refractivity contribution < 1.29 is 17.9 Å². The Morgan fingerprint density at radius 3 is 2.43 bits per heavy atom. The molecule has 2 aromatic carbocycles. The molecule has 2 heterocycles. The lowest BCUT2D eigenvalue weighted by molar-refractivity contribution is -0.137. The van der Waals surface area contributed by atoms with E-state index in [1.807, 2.05) is 37.3 Å². The van der Waals surface area contributed by atoms with Crippen molar-refractivity contribution in [1.82, 2.24) is 14.5 Å². The number of rotatable bonds is 7. The molecule has 6 nitrogen and oxygen atoms in total. The number of anilines is 1. The van der Waals surface area contributed by atoms with Crippen molar-refractivity contribution in [2.45, 2.75) is 44.6 Å². The van der Waals surface area contributed by atoms with Crippen LogP contribution in [0.4, 0.5) is 19.1 Å². The molecule has 0 saturated heterocycles. The number of ether oxygens (including phenoxy) is 1. The summed E-state index contributed by atoms with van der Waals surface area (Å²) in [7, 11) is 1.58. The highest BCUT2D eigenvalue weighted by atomic mass is 19.4. The average molecular weight is 487 g/mol. The molecule has 186 valence electrons. The first-order chi connectivity index (χ1) is 16.7. The van der Waals surface area contributed by atoms with Crippen molar-refractivity contribution in [3.05, 3.63) is 92.9 Å². The molecular formula is C26H29F3N4O2. The molecule has 0 saturated carbocycles. The summed E-state index contributed by atoms with van der Waals surface area (Å²) in [5, 5.41) is 0. The van der Waals surface area contributed by atoms with Crippen LogP contribution in [0.2, 0.25) is 0 Å². The Hall–Kier alpha value is -3.17. The van der Waals surface area contributed by atoms with Crippen LogP contribution in [0.5, 0.6) is 0 Å². The van der Waals surface area contributed by atoms with Gasteiger partial charge < -0.3 is 10.5 Å². The van der Waals surface area contributed by atoms with E-state index in [-0.39, 0.29) is 23.6 Å². The molecular weight excluding hydrogens is 457 g/mol. The van der Waals surface area contributed by atoms with Crippen molar-refractivity contribution in [1.29, 1.82) is 0 Å². The van der Waals surface area contributed by atoms with E-state index in [1.165, 1.54) is 16.7 Å². The lowest BCUT2D eigenvalue weighted by Gasteiger charge is -2.34. The third-order valence-electron chi connectivity index (χ3n) is 6.63. The maximum Gasteiger partial charge on any atom is 0.416 e. The molecule has 0 radical (unpaired) electrons. The maximum atomic E-state index is 13.6. The van der Waals surface area contributed by atoms with Gasteiger partial charge in [-0.1, -0.05) is 42.5 Å². The Bertz CT molecular complexity index is 1210. The van der Waals surface area contributed by atoms with E-state index in [4.69, 9.17) is 10.5 Å². The standard InChI is InChI=1S/C26H29F3N4O2/c1-17(19-8-10-20(11-9-19)26(27,28)29)32-13-12-23-22(15-32)24(34)33(25(30)31-23)21(16-35-2)14-18-6-4-3-5-7-18/h3-11,17,21H,12-16H2,1-2H3,(H2,30,31)/t17?,21-/m0/s1. The second-order valence-electron chi connectivity index (χ2n) is 8.89. The molecule has 1 aliphatic heterocycles. The second-order valence-corrected chi connectivity index (χ2v) is 8.89. The zero-order chi connectivity index (χ0) is 25.2. The number of nitrogens with two attached hydrogens (primary N) is 1. The normalized spacial score (nSPS) is 16.0. The Morgan fingerprint density at radius 1 is 1.11 bits per heavy atom. The van der Waals surface area contributed by atoms with Crippen molar-refractivity contribution in [2.24, 2.45) is 0 Å². The summed E-state index contributed by atoms with van der Waals surface area (Å²) in [6, 6.07) is 14.5. The van der Waals surface area contributed by atoms with Gasteiger partial charge >= 0.3 is 6.18 Å². The predicted molar refractivity (Wildman–Crippen MR) is 128 cm³/mol. The van der Waals surface area contributed by atoms with Crippen LogP contribution in [0.15, 0.2) is 59.4 Å². The molecule has 0 fully saturated rings. The molecule has 0 bridgehead atoms. The molecule has 0 aliphatic carbocycles. The van der Waals surface area contributed by atoms with Crippen molar-refractivity contribution in [3.8, 4) is 0 Å². The third kappa shape index (κ3) is 5.41. The van der Waals surface area contributed by atoms with Crippen LogP contribution in [-0.4, -0.2) is 34.7 Å². The number of nitrogens with zero attached hydrogens (tertiary/aromatic N) is 3. The van der Waals surface area contributed by atoms with E-state index in [0.29, 0.717) is 43.8 Å². The first-order valence-electron chi connectivity index (χ1n) is 11.5. The summed E-state index contributed by atoms with van der Waals surface area (Å²) < 4.78 is 45.7. The highest BCUT2D eigenvalue weighted by molar-refractivity contribution is 5.32. The Kier molecular flexibility index (Phi) is 7.28. The minimum absolute atomic E-state index is 0.163. The second kappa shape index (κ2) is 10.2. The van der Waals surface area contributed by atoms with E-state index in [2.05, 4.69) is 9.88 Å². The number of fused-ring (bicyclic) bond motifs is 1. The zero-order valence-corrected chi connectivity index (χ0v) is 19.8. The quantitative estimate of drug-likeness (QED) is 0.536. The molecule has 3 aromatic rings. The van der Waals surface area contributed by atoms with Gasteiger partial charge in [-0.2, -0.15) is 13.2 Å². The first kappa shape index (κ1) is 24.9. The zero-order valence-electron chi connectivity index (χ0n) is 19.8. The summed E-state index contributed by atoms with van der Waals surface area (Å²) in [6.07, 6.45) is -3.28. The number of benzene rings is 2. The minimum Gasteiger partial charge on any atom is -0.383 e. The molecule has 4 rings (SSSR count). The van der Waals surface area contributed by atoms with Gasteiger partial charge in [0.05, 0.1) is 29.5 Å². The van der Waals surface area contributed by atoms with Crippen LogP contribution < -0.4 is 11.3 Å². The van der Waals surface area contributed by atoms with Crippen LogP contribution in [0.3, 0.4) is 0 Å². The highest BCUT2D eigenvalue weighted by Gasteiger charge is 2.31. The number of halogens is 3. The lowest BCUT2D eigenvalue weighted by atomic mass is 10.00. The Labute approximate surface area is 202 Å². The van der Waals surface area contributed by atoms with Crippen molar-refractivity contribution in [3.63, 3.8) is 0 Å². The van der Waals surface area contributed by atoms with Gasteiger partial charge in [-0.3, -0.25) is 14.3 Å². The fourth-order valence-electron chi connectivity index (χ4n) is 4.68. The van der Waals surface area contributed by atoms with Gasteiger partial charge in [0.1, 0.15) is 0 Å². The van der Waals surface area contributed by atoms with Crippen LogP contribution in [0.25, 0.3) is 0 Å². The summed E-state index contributed by atoms with van der Waals surface area (Å²) in [5.41, 5.74) is 8.43. The monoisotopic (exact) mass is 486 g/mol. The lowest BCUT2D eigenvalue weighted by Crippen LogP contribution is -2.41. The topological polar surface area (TPSA) is 73.4 Å². The molecule has 1 aromatic heterocycles. The fourth-order valence-corrected chi connectivity index (χ4v) is 4.68. The number of nitrogen functional groups attached to an aromatic ring is 1. The van der Waals surface area contributed by atoms with E-state index >= 15 is 0 Å². The molecule has 35 heavy (non-hydrogen) atoms. The average Bonchev–Trinajstić information content (AvgIpc) is 2.84. The van der Waals surface area contributed by atoms with Crippen molar-refractivity contribution >= 4 is 5.95 Å². The van der Waals surface area contributed by atoms with Gasteiger partial charge in [0.25, 0.3) is 5.56 Å². The van der Waals surface area contributed by atoms with Crippen LogP contribution >= 0.6 is 0 Å². The van der Waals surface area contributed by atoms with E-state index in [9.17, 15) is 18.0 Å². The van der Waals surface area contributed by atoms with Crippen LogP contribution in [-0.2, 0) is 30.3 Å². The molecule has 9 heteroatoms. The van der Waals surface area contributed by atoms with Gasteiger partial charge in [-0.05, 0) is 36.6 Å². The summed E-state index contributed by atoms with van der Waals surface area (Å²) in [4.78, 5) is 20.3. The van der Waals surface area contributed by atoms with Crippen LogP contribution in [0, 0.1) is 0 Å². The molecule has 1 unspecified atom stereocenters. The molecule has 0 amide bonds. The van der Waals surface area contributed by atoms with E-state index in [1.54, 1.807) is 7.11 Å². The number of hydrogen-bond acceptors (Lipinski definition) is 5. The maximum absolute atomic E-state index is 13.6. The highest BCUT2D eigenvalue weighted by Crippen LogP contribution is 2.32.